The zero-order valence-electron chi connectivity index (χ0n) is 10.7. The van der Waals surface area contributed by atoms with Crippen LogP contribution in [0.4, 0.5) is 5.69 Å². The molecule has 0 aliphatic heterocycles. The van der Waals surface area contributed by atoms with Gasteiger partial charge in [0.25, 0.3) is 5.91 Å². The molecule has 0 heterocycles. The number of carboxylic acid groups (broad SMARTS) is 1. The third-order valence-corrected chi connectivity index (χ3v) is 4.53. The molecule has 0 radical (unpaired) electrons. The monoisotopic (exact) mass is 465 g/mol. The Kier molecular flexibility index (Phi) is 5.50. The summed E-state index contributed by atoms with van der Waals surface area (Å²) in [5.74, 6) is -1.66. The summed E-state index contributed by atoms with van der Waals surface area (Å²) in [7, 11) is 0. The Hall–Kier alpha value is -1.08. The Morgan fingerprint density at radius 2 is 1.73 bits per heavy atom. The van der Waals surface area contributed by atoms with E-state index in [1.165, 1.54) is 24.3 Å². The van der Waals surface area contributed by atoms with Gasteiger partial charge in [-0.3, -0.25) is 4.79 Å². The van der Waals surface area contributed by atoms with E-state index in [0.717, 1.165) is 0 Å². The largest absolute Gasteiger partial charge is 0.478 e. The minimum atomic E-state index is -1.16. The van der Waals surface area contributed by atoms with E-state index in [0.29, 0.717) is 14.0 Å². The SMILES string of the molecule is O=C(Nc1c(Br)cc(Br)cc1C(=O)O)c1ccc(Cl)c(Cl)c1. The second-order valence-corrected chi connectivity index (χ2v) is 6.78. The van der Waals surface area contributed by atoms with E-state index >= 15 is 0 Å². The van der Waals surface area contributed by atoms with Gasteiger partial charge in [-0.1, -0.05) is 39.1 Å². The van der Waals surface area contributed by atoms with Crippen LogP contribution in [-0.4, -0.2) is 17.0 Å². The van der Waals surface area contributed by atoms with Gasteiger partial charge < -0.3 is 10.4 Å². The number of rotatable bonds is 3. The first-order valence-corrected chi connectivity index (χ1v) is 8.12. The Labute approximate surface area is 152 Å². The molecule has 8 heteroatoms. The molecule has 2 aromatic rings. The summed E-state index contributed by atoms with van der Waals surface area (Å²) in [5, 5.41) is 12.4. The Balaban J connectivity index is 2.40. The van der Waals surface area contributed by atoms with Gasteiger partial charge in [-0.05, 0) is 46.3 Å². The minimum absolute atomic E-state index is 0.0466. The van der Waals surface area contributed by atoms with Crippen molar-refractivity contribution in [3.05, 3.63) is 60.4 Å². The second kappa shape index (κ2) is 7.00. The first-order chi connectivity index (χ1) is 10.3. The van der Waals surface area contributed by atoms with Crippen LogP contribution in [0.25, 0.3) is 0 Å². The van der Waals surface area contributed by atoms with Crippen LogP contribution in [-0.2, 0) is 0 Å². The van der Waals surface area contributed by atoms with E-state index in [1.54, 1.807) is 6.07 Å². The molecule has 4 nitrogen and oxygen atoms in total. The van der Waals surface area contributed by atoms with Gasteiger partial charge in [0.1, 0.15) is 0 Å². The number of carbonyl (C=O) groups is 2. The highest BCUT2D eigenvalue weighted by Crippen LogP contribution is 2.31. The van der Waals surface area contributed by atoms with Gasteiger partial charge in [-0.15, -0.1) is 0 Å². The number of anilines is 1. The van der Waals surface area contributed by atoms with Crippen LogP contribution in [0.15, 0.2) is 39.3 Å². The zero-order chi connectivity index (χ0) is 16.4. The molecular formula is C14H7Br2Cl2NO3. The van der Waals surface area contributed by atoms with Crippen molar-refractivity contribution in [3.8, 4) is 0 Å². The molecule has 0 saturated carbocycles. The Morgan fingerprint density at radius 1 is 1.05 bits per heavy atom. The summed E-state index contributed by atoms with van der Waals surface area (Å²) in [6, 6.07) is 7.44. The Morgan fingerprint density at radius 3 is 2.32 bits per heavy atom. The molecule has 0 spiro atoms. The van der Waals surface area contributed by atoms with Gasteiger partial charge in [0, 0.05) is 14.5 Å². The van der Waals surface area contributed by atoms with E-state index in [4.69, 9.17) is 23.2 Å². The smallest absolute Gasteiger partial charge is 0.337 e. The normalized spacial score (nSPS) is 10.4. The molecule has 0 aromatic heterocycles. The van der Waals surface area contributed by atoms with Gasteiger partial charge in [-0.2, -0.15) is 0 Å². The van der Waals surface area contributed by atoms with Crippen LogP contribution in [0, 0.1) is 0 Å². The van der Waals surface area contributed by atoms with Crippen LogP contribution in [0.5, 0.6) is 0 Å². The third kappa shape index (κ3) is 3.81. The predicted octanol–water partition coefficient (Wildman–Crippen LogP) is 5.47. The van der Waals surface area contributed by atoms with E-state index in [2.05, 4.69) is 37.2 Å². The number of benzene rings is 2. The maximum atomic E-state index is 12.3. The fourth-order valence-corrected chi connectivity index (χ4v) is 3.31. The van der Waals surface area contributed by atoms with Gasteiger partial charge >= 0.3 is 5.97 Å². The molecule has 2 aromatic carbocycles. The molecule has 0 fully saturated rings. The lowest BCUT2D eigenvalue weighted by Gasteiger charge is -2.12. The van der Waals surface area contributed by atoms with E-state index in [9.17, 15) is 14.7 Å². The summed E-state index contributed by atoms with van der Waals surface area (Å²) in [6.07, 6.45) is 0. The number of amides is 1. The van der Waals surface area contributed by atoms with Gasteiger partial charge in [0.05, 0.1) is 21.3 Å². The molecular weight excluding hydrogens is 461 g/mol. The fourth-order valence-electron chi connectivity index (χ4n) is 1.69. The fraction of sp³-hybridized carbons (Fsp3) is 0. The first-order valence-electron chi connectivity index (χ1n) is 5.78. The molecule has 2 rings (SSSR count). The average molecular weight is 468 g/mol. The second-order valence-electron chi connectivity index (χ2n) is 4.20. The van der Waals surface area contributed by atoms with Gasteiger partial charge in [0.15, 0.2) is 0 Å². The first kappa shape index (κ1) is 17.3. The van der Waals surface area contributed by atoms with Crippen molar-refractivity contribution in [2.24, 2.45) is 0 Å². The van der Waals surface area contributed by atoms with Gasteiger partial charge in [-0.25, -0.2) is 4.79 Å². The summed E-state index contributed by atoms with van der Waals surface area (Å²) >= 11 is 18.1. The standard InChI is InChI=1S/C14H7Br2Cl2NO3/c15-7-4-8(14(21)22)12(9(16)5-7)19-13(20)6-1-2-10(17)11(18)3-6/h1-5H,(H,19,20)(H,21,22). The molecule has 0 bridgehead atoms. The van der Waals surface area contributed by atoms with Crippen LogP contribution in [0.1, 0.15) is 20.7 Å². The molecule has 0 atom stereocenters. The lowest BCUT2D eigenvalue weighted by molar-refractivity contribution is 0.0698. The number of halogens is 4. The van der Waals surface area contributed by atoms with Crippen LogP contribution in [0.3, 0.4) is 0 Å². The predicted molar refractivity (Wildman–Crippen MR) is 93.2 cm³/mol. The van der Waals surface area contributed by atoms with Crippen molar-refractivity contribution in [2.75, 3.05) is 5.32 Å². The van der Waals surface area contributed by atoms with Crippen LogP contribution in [0.2, 0.25) is 10.0 Å². The third-order valence-electron chi connectivity index (χ3n) is 2.71. The average Bonchev–Trinajstić information content (AvgIpc) is 2.44. The minimum Gasteiger partial charge on any atom is -0.478 e. The topological polar surface area (TPSA) is 66.4 Å². The molecule has 114 valence electrons. The van der Waals surface area contributed by atoms with E-state index < -0.39 is 11.9 Å². The maximum absolute atomic E-state index is 12.3. The number of nitrogens with one attached hydrogen (secondary N) is 1. The van der Waals surface area contributed by atoms with Crippen molar-refractivity contribution < 1.29 is 14.7 Å². The van der Waals surface area contributed by atoms with Crippen molar-refractivity contribution in [1.29, 1.82) is 0 Å². The molecule has 0 saturated heterocycles. The highest BCUT2D eigenvalue weighted by Gasteiger charge is 2.18. The highest BCUT2D eigenvalue weighted by molar-refractivity contribution is 9.11. The number of hydrogen-bond acceptors (Lipinski definition) is 2. The Bertz CT molecular complexity index is 781. The van der Waals surface area contributed by atoms with Gasteiger partial charge in [0.2, 0.25) is 0 Å². The zero-order valence-corrected chi connectivity index (χ0v) is 15.3. The number of hydrogen-bond donors (Lipinski definition) is 2. The number of carboxylic acids is 1. The van der Waals surface area contributed by atoms with Crippen molar-refractivity contribution in [1.82, 2.24) is 0 Å². The summed E-state index contributed by atoms with van der Waals surface area (Å²) in [6.45, 7) is 0. The molecule has 0 unspecified atom stereocenters. The van der Waals surface area contributed by atoms with E-state index in [1.807, 2.05) is 0 Å². The lowest BCUT2D eigenvalue weighted by Crippen LogP contribution is -2.15. The summed E-state index contributed by atoms with van der Waals surface area (Å²) in [4.78, 5) is 23.6. The molecule has 1 amide bonds. The van der Waals surface area contributed by atoms with Crippen LogP contribution < -0.4 is 5.32 Å². The lowest BCUT2D eigenvalue weighted by atomic mass is 10.1. The number of aromatic carboxylic acids is 1. The molecule has 0 aliphatic carbocycles. The quantitative estimate of drug-likeness (QED) is 0.629. The number of carbonyl (C=O) groups excluding carboxylic acids is 1. The maximum Gasteiger partial charge on any atom is 0.337 e. The molecule has 0 aliphatic rings. The van der Waals surface area contributed by atoms with Crippen molar-refractivity contribution in [3.63, 3.8) is 0 Å². The van der Waals surface area contributed by atoms with Crippen molar-refractivity contribution in [2.45, 2.75) is 0 Å². The van der Waals surface area contributed by atoms with Crippen molar-refractivity contribution >= 4 is 72.6 Å². The summed E-state index contributed by atoms with van der Waals surface area (Å²) in [5.41, 5.74) is 0.377. The molecule has 22 heavy (non-hydrogen) atoms. The summed E-state index contributed by atoms with van der Waals surface area (Å²) < 4.78 is 1.01. The molecule has 2 N–H and O–H groups in total. The highest BCUT2D eigenvalue weighted by atomic mass is 79.9. The van der Waals surface area contributed by atoms with E-state index in [-0.39, 0.29) is 21.8 Å². The van der Waals surface area contributed by atoms with Crippen LogP contribution >= 0.6 is 55.1 Å².